The molecule has 1 N–H and O–H groups in total. The van der Waals surface area contributed by atoms with Gasteiger partial charge in [0.1, 0.15) is 5.75 Å². The van der Waals surface area contributed by atoms with Gasteiger partial charge in [-0.3, -0.25) is 0 Å². The molecule has 2 aliphatic heterocycles. The van der Waals surface area contributed by atoms with E-state index in [1.807, 2.05) is 12.1 Å². The first-order valence-corrected chi connectivity index (χ1v) is 11.5. The van der Waals surface area contributed by atoms with Gasteiger partial charge >= 0.3 is 0 Å². The maximum Gasteiger partial charge on any atom is 0.120 e. The van der Waals surface area contributed by atoms with Gasteiger partial charge in [-0.15, -0.1) is 0 Å². The summed E-state index contributed by atoms with van der Waals surface area (Å²) < 4.78 is 5.86. The Bertz CT molecular complexity index is 814. The minimum Gasteiger partial charge on any atom is -0.491 e. The van der Waals surface area contributed by atoms with Crippen molar-refractivity contribution < 1.29 is 4.74 Å². The average molecular weight is 413 g/mol. The summed E-state index contributed by atoms with van der Waals surface area (Å²) >= 11 is 6.49. The number of rotatable bonds is 6. The van der Waals surface area contributed by atoms with Crippen LogP contribution in [0, 0.1) is 5.92 Å². The van der Waals surface area contributed by atoms with Crippen molar-refractivity contribution in [1.29, 1.82) is 0 Å². The van der Waals surface area contributed by atoms with Gasteiger partial charge in [0, 0.05) is 29.7 Å². The molecule has 1 atom stereocenters. The largest absolute Gasteiger partial charge is 0.491 e. The molecule has 1 saturated heterocycles. The molecule has 0 aliphatic carbocycles. The summed E-state index contributed by atoms with van der Waals surface area (Å²) in [5.74, 6) is 2.29. The van der Waals surface area contributed by atoms with Crippen LogP contribution in [0.5, 0.6) is 5.75 Å². The van der Waals surface area contributed by atoms with Gasteiger partial charge in [-0.1, -0.05) is 29.8 Å². The van der Waals surface area contributed by atoms with Crippen LogP contribution in [-0.2, 0) is 6.42 Å². The number of fused-ring (bicyclic) bond motifs is 1. The van der Waals surface area contributed by atoms with E-state index in [0.29, 0.717) is 11.8 Å². The van der Waals surface area contributed by atoms with Crippen LogP contribution in [0.15, 0.2) is 42.5 Å². The summed E-state index contributed by atoms with van der Waals surface area (Å²) in [6.45, 7) is 8.78. The van der Waals surface area contributed by atoms with Gasteiger partial charge < -0.3 is 15.0 Å². The van der Waals surface area contributed by atoms with Crippen molar-refractivity contribution in [2.75, 3.05) is 31.5 Å². The third-order valence-corrected chi connectivity index (χ3v) is 6.66. The molecule has 1 unspecified atom stereocenters. The highest BCUT2D eigenvalue weighted by Gasteiger charge is 2.25. The molecule has 4 rings (SSSR count). The fourth-order valence-corrected chi connectivity index (χ4v) is 4.98. The zero-order chi connectivity index (χ0) is 20.2. The van der Waals surface area contributed by atoms with Crippen LogP contribution >= 0.6 is 11.6 Å². The second-order valence-corrected chi connectivity index (χ2v) is 9.27. The fraction of sp³-hybridized carbons (Fsp3) is 0.520. The Morgan fingerprint density at radius 2 is 1.90 bits per heavy atom. The molecular weight excluding hydrogens is 380 g/mol. The molecule has 2 aromatic rings. The van der Waals surface area contributed by atoms with E-state index in [2.05, 4.69) is 54.4 Å². The molecule has 0 saturated carbocycles. The minimum absolute atomic E-state index is 0.187. The van der Waals surface area contributed by atoms with E-state index in [0.717, 1.165) is 23.7 Å². The molecule has 0 aromatic heterocycles. The molecule has 2 heterocycles. The Labute approximate surface area is 180 Å². The highest BCUT2D eigenvalue weighted by molar-refractivity contribution is 6.31. The SMILES string of the molecule is CC(C)Oc1ccc(Cl)c(CC2CCN(CC3CCNc4ccccc43)CC2)c1. The molecule has 2 aliphatic rings. The smallest absolute Gasteiger partial charge is 0.120 e. The summed E-state index contributed by atoms with van der Waals surface area (Å²) in [4.78, 5) is 2.67. The van der Waals surface area contributed by atoms with Crippen LogP contribution in [0.1, 0.15) is 50.2 Å². The number of halogens is 1. The Kier molecular flexibility index (Phi) is 6.67. The highest BCUT2D eigenvalue weighted by atomic mass is 35.5. The van der Waals surface area contributed by atoms with Gasteiger partial charge in [0.15, 0.2) is 0 Å². The maximum atomic E-state index is 6.49. The predicted molar refractivity (Wildman–Crippen MR) is 122 cm³/mol. The second kappa shape index (κ2) is 9.40. The summed E-state index contributed by atoms with van der Waals surface area (Å²) in [6, 6.07) is 14.9. The van der Waals surface area contributed by atoms with E-state index < -0.39 is 0 Å². The lowest BCUT2D eigenvalue weighted by Crippen LogP contribution is -2.38. The standard InChI is InChI=1S/C25H33ClN2O/c1-18(2)29-22-7-8-24(26)21(16-22)15-19-10-13-28(14-11-19)17-20-9-12-27-25-6-4-3-5-23(20)25/h3-8,16,18-20,27H,9-15,17H2,1-2H3. The van der Waals surface area contributed by atoms with E-state index in [9.17, 15) is 0 Å². The first-order valence-electron chi connectivity index (χ1n) is 11.1. The van der Waals surface area contributed by atoms with Crippen LogP contribution < -0.4 is 10.1 Å². The van der Waals surface area contributed by atoms with Crippen molar-refractivity contribution in [2.24, 2.45) is 5.92 Å². The molecule has 29 heavy (non-hydrogen) atoms. The normalized spacial score (nSPS) is 20.3. The van der Waals surface area contributed by atoms with E-state index in [-0.39, 0.29) is 6.10 Å². The third-order valence-electron chi connectivity index (χ3n) is 6.29. The predicted octanol–water partition coefficient (Wildman–Crippen LogP) is 5.98. The van der Waals surface area contributed by atoms with Crippen LogP contribution in [0.2, 0.25) is 5.02 Å². The number of benzene rings is 2. The molecule has 4 heteroatoms. The number of hydrogen-bond donors (Lipinski definition) is 1. The van der Waals surface area contributed by atoms with Gasteiger partial charge in [0.2, 0.25) is 0 Å². The molecule has 2 aromatic carbocycles. The fourth-order valence-electron chi connectivity index (χ4n) is 4.79. The monoisotopic (exact) mass is 412 g/mol. The van der Waals surface area contributed by atoms with Crippen molar-refractivity contribution in [3.63, 3.8) is 0 Å². The molecule has 0 bridgehead atoms. The highest BCUT2D eigenvalue weighted by Crippen LogP contribution is 2.34. The third kappa shape index (κ3) is 5.26. The van der Waals surface area contributed by atoms with Crippen molar-refractivity contribution in [1.82, 2.24) is 4.90 Å². The number of ether oxygens (including phenoxy) is 1. The molecule has 0 radical (unpaired) electrons. The van der Waals surface area contributed by atoms with Gasteiger partial charge in [0.05, 0.1) is 6.10 Å². The number of piperidine rings is 1. The molecule has 0 spiro atoms. The molecule has 1 fully saturated rings. The van der Waals surface area contributed by atoms with E-state index >= 15 is 0 Å². The summed E-state index contributed by atoms with van der Waals surface area (Å²) in [7, 11) is 0. The topological polar surface area (TPSA) is 24.5 Å². The van der Waals surface area contributed by atoms with E-state index in [4.69, 9.17) is 16.3 Å². The maximum absolute atomic E-state index is 6.49. The minimum atomic E-state index is 0.187. The van der Waals surface area contributed by atoms with Crippen molar-refractivity contribution >= 4 is 17.3 Å². The first-order chi connectivity index (χ1) is 14.1. The Hall–Kier alpha value is -1.71. The lowest BCUT2D eigenvalue weighted by molar-refractivity contribution is 0.172. The zero-order valence-electron chi connectivity index (χ0n) is 17.7. The molecular formula is C25H33ClN2O. The van der Waals surface area contributed by atoms with Crippen LogP contribution in [0.4, 0.5) is 5.69 Å². The summed E-state index contributed by atoms with van der Waals surface area (Å²) in [6.07, 6.45) is 4.97. The Balaban J connectivity index is 1.31. The van der Waals surface area contributed by atoms with Crippen LogP contribution in [0.3, 0.4) is 0 Å². The first kappa shape index (κ1) is 20.6. The number of hydrogen-bond acceptors (Lipinski definition) is 3. The lowest BCUT2D eigenvalue weighted by Gasteiger charge is -2.36. The van der Waals surface area contributed by atoms with Crippen molar-refractivity contribution in [2.45, 2.75) is 51.6 Å². The van der Waals surface area contributed by atoms with Gasteiger partial charge in [-0.25, -0.2) is 0 Å². The Morgan fingerprint density at radius 1 is 1.10 bits per heavy atom. The van der Waals surface area contributed by atoms with Crippen LogP contribution in [-0.4, -0.2) is 37.2 Å². The second-order valence-electron chi connectivity index (χ2n) is 8.87. The number of para-hydroxylation sites is 1. The van der Waals surface area contributed by atoms with Gasteiger partial charge in [-0.2, -0.15) is 0 Å². The van der Waals surface area contributed by atoms with Gasteiger partial charge in [0.25, 0.3) is 0 Å². The molecule has 3 nitrogen and oxygen atoms in total. The summed E-state index contributed by atoms with van der Waals surface area (Å²) in [5, 5.41) is 4.41. The molecule has 0 amide bonds. The van der Waals surface area contributed by atoms with E-state index in [1.54, 1.807) is 0 Å². The summed E-state index contributed by atoms with van der Waals surface area (Å²) in [5.41, 5.74) is 4.06. The average Bonchev–Trinajstić information content (AvgIpc) is 2.72. The quantitative estimate of drug-likeness (QED) is 0.631. The van der Waals surface area contributed by atoms with Crippen molar-refractivity contribution in [3.05, 3.63) is 58.6 Å². The molecule has 156 valence electrons. The van der Waals surface area contributed by atoms with Crippen molar-refractivity contribution in [3.8, 4) is 5.75 Å². The Morgan fingerprint density at radius 3 is 2.69 bits per heavy atom. The lowest BCUT2D eigenvalue weighted by atomic mass is 9.87. The number of nitrogens with zero attached hydrogens (tertiary/aromatic N) is 1. The zero-order valence-corrected chi connectivity index (χ0v) is 18.4. The number of nitrogens with one attached hydrogen (secondary N) is 1. The van der Waals surface area contributed by atoms with E-state index in [1.165, 1.54) is 55.7 Å². The number of likely N-dealkylation sites (tertiary alicyclic amines) is 1. The van der Waals surface area contributed by atoms with Gasteiger partial charge in [-0.05, 0) is 93.9 Å². The number of anilines is 1. The van der Waals surface area contributed by atoms with Crippen LogP contribution in [0.25, 0.3) is 0 Å².